The number of nitrogens with zero attached hydrogens (tertiary/aromatic N) is 1. The second-order valence-electron chi connectivity index (χ2n) is 5.89. The molecule has 1 heterocycles. The standard InChI is InChI=1S/C17H27ClN2/c1-2-16-6-4-3-5-12-20(16)13-11-17(19)14-7-9-15(18)10-8-14/h7-10,16-17H,2-6,11-13,19H2,1H3. The van der Waals surface area contributed by atoms with Crippen molar-refractivity contribution in [1.29, 1.82) is 0 Å². The molecule has 0 radical (unpaired) electrons. The highest BCUT2D eigenvalue weighted by molar-refractivity contribution is 6.30. The Morgan fingerprint density at radius 3 is 2.70 bits per heavy atom. The van der Waals surface area contributed by atoms with Crippen LogP contribution in [0.3, 0.4) is 0 Å². The molecule has 112 valence electrons. The van der Waals surface area contributed by atoms with Gasteiger partial charge in [0.05, 0.1) is 0 Å². The summed E-state index contributed by atoms with van der Waals surface area (Å²) in [5, 5.41) is 0.777. The maximum absolute atomic E-state index is 6.32. The van der Waals surface area contributed by atoms with Gasteiger partial charge in [-0.15, -0.1) is 0 Å². The third-order valence-corrected chi connectivity index (χ3v) is 4.75. The fourth-order valence-electron chi connectivity index (χ4n) is 3.18. The summed E-state index contributed by atoms with van der Waals surface area (Å²) in [6, 6.07) is 8.83. The van der Waals surface area contributed by atoms with E-state index in [1.165, 1.54) is 44.2 Å². The number of hydrogen-bond acceptors (Lipinski definition) is 2. The van der Waals surface area contributed by atoms with Gasteiger partial charge in [-0.1, -0.05) is 43.5 Å². The van der Waals surface area contributed by atoms with Gasteiger partial charge in [-0.05, 0) is 49.9 Å². The molecule has 1 aromatic carbocycles. The molecule has 2 nitrogen and oxygen atoms in total. The van der Waals surface area contributed by atoms with Gasteiger partial charge in [0.15, 0.2) is 0 Å². The summed E-state index contributed by atoms with van der Waals surface area (Å²) >= 11 is 5.92. The molecule has 0 amide bonds. The van der Waals surface area contributed by atoms with Gasteiger partial charge in [-0.3, -0.25) is 0 Å². The molecule has 1 saturated heterocycles. The fourth-order valence-corrected chi connectivity index (χ4v) is 3.30. The Balaban J connectivity index is 1.87. The summed E-state index contributed by atoms with van der Waals surface area (Å²) in [4.78, 5) is 2.66. The summed E-state index contributed by atoms with van der Waals surface area (Å²) in [6.45, 7) is 4.66. The molecule has 2 unspecified atom stereocenters. The summed E-state index contributed by atoms with van der Waals surface area (Å²) < 4.78 is 0. The molecule has 2 rings (SSSR count). The van der Waals surface area contributed by atoms with E-state index in [4.69, 9.17) is 17.3 Å². The van der Waals surface area contributed by atoms with Crippen molar-refractivity contribution in [2.75, 3.05) is 13.1 Å². The number of likely N-dealkylation sites (tertiary alicyclic amines) is 1. The lowest BCUT2D eigenvalue weighted by Gasteiger charge is -2.30. The van der Waals surface area contributed by atoms with Gasteiger partial charge in [0.1, 0.15) is 0 Å². The van der Waals surface area contributed by atoms with Crippen LogP contribution < -0.4 is 5.73 Å². The van der Waals surface area contributed by atoms with Crippen LogP contribution >= 0.6 is 11.6 Å². The van der Waals surface area contributed by atoms with Gasteiger partial charge < -0.3 is 10.6 Å². The van der Waals surface area contributed by atoms with Crippen LogP contribution in [0.5, 0.6) is 0 Å². The molecule has 0 aliphatic carbocycles. The lowest BCUT2D eigenvalue weighted by atomic mass is 10.0. The van der Waals surface area contributed by atoms with Crippen molar-refractivity contribution in [3.63, 3.8) is 0 Å². The van der Waals surface area contributed by atoms with Crippen LogP contribution in [0.1, 0.15) is 57.1 Å². The summed E-state index contributed by atoms with van der Waals surface area (Å²) in [5.41, 5.74) is 7.51. The highest BCUT2D eigenvalue weighted by Crippen LogP contribution is 2.22. The Bertz CT molecular complexity index is 390. The topological polar surface area (TPSA) is 29.3 Å². The van der Waals surface area contributed by atoms with Gasteiger partial charge in [0, 0.05) is 23.7 Å². The van der Waals surface area contributed by atoms with Gasteiger partial charge >= 0.3 is 0 Å². The summed E-state index contributed by atoms with van der Waals surface area (Å²) in [6.07, 6.45) is 7.75. The normalized spacial score (nSPS) is 22.4. The first-order chi connectivity index (χ1) is 9.70. The van der Waals surface area contributed by atoms with Crippen LogP contribution in [0.4, 0.5) is 0 Å². The Morgan fingerprint density at radius 1 is 1.25 bits per heavy atom. The van der Waals surface area contributed by atoms with Crippen LogP contribution in [-0.2, 0) is 0 Å². The van der Waals surface area contributed by atoms with E-state index in [-0.39, 0.29) is 6.04 Å². The monoisotopic (exact) mass is 294 g/mol. The van der Waals surface area contributed by atoms with Crippen molar-refractivity contribution < 1.29 is 0 Å². The van der Waals surface area contributed by atoms with Gasteiger partial charge in [-0.25, -0.2) is 0 Å². The zero-order valence-corrected chi connectivity index (χ0v) is 13.3. The van der Waals surface area contributed by atoms with Crippen molar-refractivity contribution in [3.05, 3.63) is 34.9 Å². The second-order valence-corrected chi connectivity index (χ2v) is 6.33. The maximum Gasteiger partial charge on any atom is 0.0406 e. The van der Waals surface area contributed by atoms with Crippen LogP contribution in [-0.4, -0.2) is 24.0 Å². The highest BCUT2D eigenvalue weighted by atomic mass is 35.5. The first kappa shape index (κ1) is 15.8. The molecule has 0 saturated carbocycles. The van der Waals surface area contributed by atoms with Crippen molar-refractivity contribution in [2.24, 2.45) is 5.73 Å². The molecule has 2 atom stereocenters. The van der Waals surface area contributed by atoms with E-state index in [0.717, 1.165) is 24.0 Å². The van der Waals surface area contributed by atoms with Crippen LogP contribution in [0.15, 0.2) is 24.3 Å². The van der Waals surface area contributed by atoms with Crippen molar-refractivity contribution in [3.8, 4) is 0 Å². The summed E-state index contributed by atoms with van der Waals surface area (Å²) in [7, 11) is 0. The van der Waals surface area contributed by atoms with Crippen molar-refractivity contribution in [1.82, 2.24) is 4.90 Å². The SMILES string of the molecule is CCC1CCCCCN1CCC(N)c1ccc(Cl)cc1. The number of rotatable bonds is 5. The lowest BCUT2D eigenvalue weighted by Crippen LogP contribution is -2.36. The third-order valence-electron chi connectivity index (χ3n) is 4.50. The molecule has 1 aliphatic heterocycles. The molecular formula is C17H27ClN2. The average Bonchev–Trinajstić information content (AvgIpc) is 2.70. The molecule has 0 aromatic heterocycles. The minimum Gasteiger partial charge on any atom is -0.324 e. The minimum atomic E-state index is 0.119. The number of halogens is 1. The molecular weight excluding hydrogens is 268 g/mol. The fraction of sp³-hybridized carbons (Fsp3) is 0.647. The molecule has 1 aromatic rings. The molecule has 0 bridgehead atoms. The van der Waals surface area contributed by atoms with Gasteiger partial charge in [0.25, 0.3) is 0 Å². The minimum absolute atomic E-state index is 0.119. The Hall–Kier alpha value is -0.570. The van der Waals surface area contributed by atoms with E-state index in [0.29, 0.717) is 0 Å². The van der Waals surface area contributed by atoms with E-state index in [1.54, 1.807) is 0 Å². The van der Waals surface area contributed by atoms with E-state index in [2.05, 4.69) is 11.8 Å². The Labute approximate surface area is 128 Å². The number of hydrogen-bond donors (Lipinski definition) is 1. The van der Waals surface area contributed by atoms with Crippen molar-refractivity contribution >= 4 is 11.6 Å². The summed E-state index contributed by atoms with van der Waals surface area (Å²) in [5.74, 6) is 0. The predicted octanol–water partition coefficient (Wildman–Crippen LogP) is 4.38. The predicted molar refractivity (Wildman–Crippen MR) is 87.1 cm³/mol. The molecule has 3 heteroatoms. The maximum atomic E-state index is 6.32. The van der Waals surface area contributed by atoms with E-state index in [9.17, 15) is 0 Å². The number of benzene rings is 1. The molecule has 0 spiro atoms. The Morgan fingerprint density at radius 2 is 2.00 bits per heavy atom. The first-order valence-electron chi connectivity index (χ1n) is 7.95. The van der Waals surface area contributed by atoms with Crippen molar-refractivity contribution in [2.45, 2.75) is 57.5 Å². The molecule has 1 fully saturated rings. The van der Waals surface area contributed by atoms with E-state index >= 15 is 0 Å². The third kappa shape index (κ3) is 4.47. The molecule has 2 N–H and O–H groups in total. The zero-order chi connectivity index (χ0) is 14.4. The van der Waals surface area contributed by atoms with Gasteiger partial charge in [-0.2, -0.15) is 0 Å². The smallest absolute Gasteiger partial charge is 0.0406 e. The van der Waals surface area contributed by atoms with Crippen LogP contribution in [0.2, 0.25) is 5.02 Å². The second kappa shape index (κ2) is 8.02. The Kier molecular flexibility index (Phi) is 6.34. The van der Waals surface area contributed by atoms with E-state index in [1.807, 2.05) is 24.3 Å². The van der Waals surface area contributed by atoms with E-state index < -0.39 is 0 Å². The molecule has 20 heavy (non-hydrogen) atoms. The van der Waals surface area contributed by atoms with Crippen LogP contribution in [0.25, 0.3) is 0 Å². The first-order valence-corrected chi connectivity index (χ1v) is 8.33. The quantitative estimate of drug-likeness (QED) is 0.873. The van der Waals surface area contributed by atoms with Crippen LogP contribution in [0, 0.1) is 0 Å². The zero-order valence-electron chi connectivity index (χ0n) is 12.5. The largest absolute Gasteiger partial charge is 0.324 e. The average molecular weight is 295 g/mol. The van der Waals surface area contributed by atoms with Gasteiger partial charge in [0.2, 0.25) is 0 Å². The lowest BCUT2D eigenvalue weighted by molar-refractivity contribution is 0.188. The number of nitrogens with two attached hydrogens (primary N) is 1. The highest BCUT2D eigenvalue weighted by Gasteiger charge is 2.19. The molecule has 1 aliphatic rings.